The second-order valence-corrected chi connectivity index (χ2v) is 14.5. The van der Waals surface area contributed by atoms with E-state index in [1.807, 2.05) is 0 Å². The summed E-state index contributed by atoms with van der Waals surface area (Å²) in [5, 5.41) is -1.42. The number of hydrogen-bond acceptors (Lipinski definition) is 8. The first-order valence-corrected chi connectivity index (χ1v) is 18.2. The molecule has 2 aliphatic carbocycles. The predicted octanol–water partition coefficient (Wildman–Crippen LogP) is 10.6. The predicted molar refractivity (Wildman–Crippen MR) is 186 cm³/mol. The Balaban J connectivity index is 1.51. The molecule has 0 spiro atoms. The van der Waals surface area contributed by atoms with Crippen LogP contribution in [-0.2, 0) is 19.1 Å². The van der Waals surface area contributed by atoms with Gasteiger partial charge in [0.15, 0.2) is 11.5 Å². The van der Waals surface area contributed by atoms with Crippen molar-refractivity contribution >= 4 is 93.5 Å². The van der Waals surface area contributed by atoms with Crippen LogP contribution in [-0.4, -0.2) is 37.1 Å². The Labute approximate surface area is 309 Å². The molecule has 0 aromatic heterocycles. The summed E-state index contributed by atoms with van der Waals surface area (Å²) >= 11 is 37.6. The molecule has 0 N–H and O–H groups in total. The van der Waals surface area contributed by atoms with E-state index in [9.17, 15) is 19.2 Å². The average molecular weight is 785 g/mol. The van der Waals surface area contributed by atoms with Gasteiger partial charge in [-0.1, -0.05) is 136 Å². The second kappa shape index (κ2) is 16.8. The van der Waals surface area contributed by atoms with E-state index in [1.54, 1.807) is 0 Å². The molecule has 4 rings (SSSR count). The van der Waals surface area contributed by atoms with E-state index in [-0.39, 0.29) is 55.2 Å². The quantitative estimate of drug-likeness (QED) is 0.0807. The minimum absolute atomic E-state index is 0.110. The van der Waals surface area contributed by atoms with Gasteiger partial charge in [0.2, 0.25) is 0 Å². The molecule has 0 amide bonds. The highest BCUT2D eigenvalue weighted by atomic mass is 35.5. The number of carbonyl (C=O) groups is 4. The van der Waals surface area contributed by atoms with Crippen molar-refractivity contribution < 1.29 is 38.1 Å². The Bertz CT molecular complexity index is 1460. The number of rotatable bonds is 14. The molecule has 2 aliphatic rings. The number of esters is 4. The van der Waals surface area contributed by atoms with Gasteiger partial charge < -0.3 is 18.9 Å². The summed E-state index contributed by atoms with van der Waals surface area (Å²) in [6.45, 7) is 8.57. The van der Waals surface area contributed by atoms with Crippen LogP contribution in [0.15, 0.2) is 12.1 Å². The molecule has 0 heterocycles. The summed E-state index contributed by atoms with van der Waals surface area (Å²) in [5.74, 6) is -4.19. The molecule has 8 nitrogen and oxygen atoms in total. The maximum absolute atomic E-state index is 13.2. The van der Waals surface area contributed by atoms with Crippen LogP contribution in [0.5, 0.6) is 11.5 Å². The molecule has 2 fully saturated rings. The van der Waals surface area contributed by atoms with Gasteiger partial charge in [0.1, 0.15) is 11.1 Å². The first-order valence-electron chi connectivity index (χ1n) is 15.9. The zero-order valence-corrected chi connectivity index (χ0v) is 31.3. The van der Waals surface area contributed by atoms with Gasteiger partial charge in [-0.25, -0.2) is 19.2 Å². The van der Waals surface area contributed by atoms with E-state index in [0.29, 0.717) is 23.7 Å². The molecule has 2 saturated carbocycles. The molecule has 14 heteroatoms. The molecular weight excluding hydrogens is 749 g/mol. The molecule has 6 unspecified atom stereocenters. The number of carbonyl (C=O) groups excluding carboxylic acids is 4. The minimum atomic E-state index is -1.63. The molecule has 262 valence electrons. The fraction of sp³-hybridized carbons (Fsp3) is 0.529. The van der Waals surface area contributed by atoms with Gasteiger partial charge in [-0.3, -0.25) is 0 Å². The van der Waals surface area contributed by atoms with Crippen molar-refractivity contribution in [2.75, 3.05) is 13.2 Å². The maximum Gasteiger partial charge on any atom is 0.423 e. The second-order valence-electron chi connectivity index (χ2n) is 12.1. The molecular formula is C34H36Cl6O8. The highest BCUT2D eigenvalue weighted by Crippen LogP contribution is 2.52. The van der Waals surface area contributed by atoms with Crippen molar-refractivity contribution in [2.24, 2.45) is 35.5 Å². The van der Waals surface area contributed by atoms with Gasteiger partial charge in [-0.05, 0) is 47.6 Å². The van der Waals surface area contributed by atoms with Crippen LogP contribution < -0.4 is 9.47 Å². The largest absolute Gasteiger partial charge is 0.462 e. The van der Waals surface area contributed by atoms with Crippen LogP contribution in [0, 0.1) is 35.5 Å². The smallest absolute Gasteiger partial charge is 0.423 e. The van der Waals surface area contributed by atoms with E-state index < -0.39 is 46.5 Å². The van der Waals surface area contributed by atoms with Crippen molar-refractivity contribution in [3.05, 3.63) is 53.4 Å². The third-order valence-corrected chi connectivity index (χ3v) is 11.4. The Morgan fingerprint density at radius 2 is 0.896 bits per heavy atom. The van der Waals surface area contributed by atoms with Crippen LogP contribution >= 0.6 is 69.6 Å². The molecule has 0 radical (unpaired) electrons. The van der Waals surface area contributed by atoms with Gasteiger partial charge in [-0.2, -0.15) is 0 Å². The van der Waals surface area contributed by atoms with E-state index in [2.05, 4.69) is 27.7 Å². The topological polar surface area (TPSA) is 105 Å². The van der Waals surface area contributed by atoms with Gasteiger partial charge in [0.25, 0.3) is 0 Å². The van der Waals surface area contributed by atoms with Gasteiger partial charge in [0.05, 0.1) is 43.3 Å². The molecule has 0 aliphatic heterocycles. The average Bonchev–Trinajstić information content (AvgIpc) is 3.93. The summed E-state index contributed by atoms with van der Waals surface area (Å²) < 4.78 is 21.5. The Kier molecular flexibility index (Phi) is 13.6. The van der Waals surface area contributed by atoms with Gasteiger partial charge in [-0.15, -0.1) is 0 Å². The van der Waals surface area contributed by atoms with Crippen molar-refractivity contribution in [1.29, 1.82) is 0 Å². The van der Waals surface area contributed by atoms with E-state index in [0.717, 1.165) is 50.7 Å². The van der Waals surface area contributed by atoms with Crippen LogP contribution in [0.1, 0.15) is 86.9 Å². The Morgan fingerprint density at radius 1 is 0.542 bits per heavy atom. The lowest BCUT2D eigenvalue weighted by Gasteiger charge is -2.16. The fourth-order valence-corrected chi connectivity index (χ4v) is 8.19. The van der Waals surface area contributed by atoms with Crippen LogP contribution in [0.3, 0.4) is 0 Å². The number of halogens is 6. The lowest BCUT2D eigenvalue weighted by atomic mass is 10.2. The summed E-state index contributed by atoms with van der Waals surface area (Å²) in [6.07, 6.45) is 5.93. The molecule has 2 aromatic carbocycles. The Morgan fingerprint density at radius 3 is 1.21 bits per heavy atom. The van der Waals surface area contributed by atoms with Crippen LogP contribution in [0.4, 0.5) is 0 Å². The van der Waals surface area contributed by atoms with E-state index in [4.69, 9.17) is 88.6 Å². The number of ether oxygens (including phenoxy) is 4. The van der Waals surface area contributed by atoms with Crippen molar-refractivity contribution in [3.63, 3.8) is 0 Å². The van der Waals surface area contributed by atoms with Crippen LogP contribution in [0.25, 0.3) is 0 Å². The zero-order valence-electron chi connectivity index (χ0n) is 26.8. The highest BCUT2D eigenvalue weighted by Gasteiger charge is 2.49. The van der Waals surface area contributed by atoms with Crippen molar-refractivity contribution in [2.45, 2.75) is 66.2 Å². The third kappa shape index (κ3) is 8.50. The number of benzene rings is 2. The molecule has 2 aromatic rings. The normalized spacial score (nSPS) is 22.5. The lowest BCUT2D eigenvalue weighted by molar-refractivity contribution is -0.156. The summed E-state index contributed by atoms with van der Waals surface area (Å²) in [6, 6.07) is 2.28. The van der Waals surface area contributed by atoms with E-state index >= 15 is 0 Å². The first-order chi connectivity index (χ1) is 22.8. The van der Waals surface area contributed by atoms with E-state index in [1.165, 1.54) is 0 Å². The molecule has 0 bridgehead atoms. The molecule has 0 saturated heterocycles. The lowest BCUT2D eigenvalue weighted by Crippen LogP contribution is -2.27. The monoisotopic (exact) mass is 782 g/mol. The minimum Gasteiger partial charge on any atom is -0.462 e. The van der Waals surface area contributed by atoms with Crippen molar-refractivity contribution in [3.8, 4) is 11.5 Å². The standard InChI is InChI=1S/C34H36Cl6O8/c1-5-9-17-15(7-3)19(17)13-45-31(41)25-27(39)21(35)11-23(37)29(25)47-33(43)34(44)48-30-24(38)12-22(36)28(40)26(30)32(42)46-14-20-16(8-4)18(20)10-6-2/h11-12,15-20H,5-10,13-14H2,1-4H3. The van der Waals surface area contributed by atoms with Crippen LogP contribution in [0.2, 0.25) is 30.1 Å². The summed E-state index contributed by atoms with van der Waals surface area (Å²) in [4.78, 5) is 52.6. The summed E-state index contributed by atoms with van der Waals surface area (Å²) in [7, 11) is 0. The first kappa shape index (κ1) is 38.9. The van der Waals surface area contributed by atoms with Crippen molar-refractivity contribution in [1.82, 2.24) is 0 Å². The molecule has 48 heavy (non-hydrogen) atoms. The number of hydrogen-bond donors (Lipinski definition) is 0. The summed E-state index contributed by atoms with van der Waals surface area (Å²) in [5.41, 5.74) is -0.889. The SMILES string of the molecule is CCCC1C(CC)C1COC(=O)c1c(Cl)c(Cl)cc(Cl)c1OC(=O)C(=O)Oc1c(Cl)cc(Cl)c(Cl)c1C(=O)OCC1C(CC)C1CCC. The zero-order chi connectivity index (χ0) is 35.4. The fourth-order valence-electron chi connectivity index (χ4n) is 6.76. The highest BCUT2D eigenvalue weighted by molar-refractivity contribution is 6.47. The van der Waals surface area contributed by atoms with Gasteiger partial charge >= 0.3 is 23.9 Å². The maximum atomic E-state index is 13.2. The third-order valence-electron chi connectivity index (χ3n) is 9.24. The van der Waals surface area contributed by atoms with Gasteiger partial charge in [0, 0.05) is 0 Å². The Hall–Kier alpha value is -1.94. The molecule has 6 atom stereocenters.